The normalized spacial score (nSPS) is 10.8. The van der Waals surface area contributed by atoms with Gasteiger partial charge in [-0.15, -0.1) is 22.0 Å². The fourth-order valence-corrected chi connectivity index (χ4v) is 1.70. The molecule has 1 N–H and O–H groups in total. The molecule has 0 aliphatic carbocycles. The van der Waals surface area contributed by atoms with Gasteiger partial charge in [-0.25, -0.2) is 0 Å². The van der Waals surface area contributed by atoms with Crippen LogP contribution >= 0.6 is 11.8 Å². The van der Waals surface area contributed by atoms with Crippen molar-refractivity contribution in [3.63, 3.8) is 0 Å². The Morgan fingerprint density at radius 1 is 1.71 bits per heavy atom. The molecule has 6 heteroatoms. The minimum atomic E-state index is -0.800. The van der Waals surface area contributed by atoms with Gasteiger partial charge in [0.15, 0.2) is 0 Å². The highest BCUT2D eigenvalue weighted by Gasteiger charge is 2.07. The van der Waals surface area contributed by atoms with E-state index in [-0.39, 0.29) is 5.75 Å². The molecule has 14 heavy (non-hydrogen) atoms. The second kappa shape index (κ2) is 4.99. The minimum Gasteiger partial charge on any atom is -0.481 e. The van der Waals surface area contributed by atoms with Crippen LogP contribution in [0.3, 0.4) is 0 Å². The quantitative estimate of drug-likeness (QED) is 0.798. The van der Waals surface area contributed by atoms with Crippen LogP contribution in [0.1, 0.15) is 25.7 Å². The van der Waals surface area contributed by atoms with E-state index in [0.717, 1.165) is 5.82 Å². The van der Waals surface area contributed by atoms with Crippen molar-refractivity contribution in [1.82, 2.24) is 14.8 Å². The van der Waals surface area contributed by atoms with E-state index in [4.69, 9.17) is 5.11 Å². The Hall–Kier alpha value is -1.04. The van der Waals surface area contributed by atoms with Gasteiger partial charge in [0, 0.05) is 6.04 Å². The summed E-state index contributed by atoms with van der Waals surface area (Å²) in [6.07, 6.45) is 1.67. The summed E-state index contributed by atoms with van der Waals surface area (Å²) in [5.74, 6) is 0.715. The third-order valence-corrected chi connectivity index (χ3v) is 2.57. The number of hydrogen-bond donors (Lipinski definition) is 1. The average Bonchev–Trinajstić information content (AvgIpc) is 2.51. The first kappa shape index (κ1) is 11.0. The van der Waals surface area contributed by atoms with Gasteiger partial charge in [-0.1, -0.05) is 0 Å². The average molecular weight is 215 g/mol. The molecule has 78 valence electrons. The van der Waals surface area contributed by atoms with Crippen molar-refractivity contribution in [1.29, 1.82) is 0 Å². The van der Waals surface area contributed by atoms with Gasteiger partial charge in [-0.3, -0.25) is 4.79 Å². The van der Waals surface area contributed by atoms with E-state index in [2.05, 4.69) is 10.2 Å². The zero-order valence-electron chi connectivity index (χ0n) is 8.17. The predicted octanol–water partition coefficient (Wildman–Crippen LogP) is 1.18. The molecule has 0 atom stereocenters. The third kappa shape index (κ3) is 3.02. The van der Waals surface area contributed by atoms with E-state index < -0.39 is 5.97 Å². The van der Waals surface area contributed by atoms with Crippen molar-refractivity contribution >= 4 is 17.7 Å². The maximum absolute atomic E-state index is 10.3. The molecule has 0 aliphatic heterocycles. The third-order valence-electron chi connectivity index (χ3n) is 1.66. The molecule has 1 aromatic rings. The first-order valence-corrected chi connectivity index (χ1v) is 5.44. The number of carboxylic acid groups (broad SMARTS) is 1. The summed E-state index contributed by atoms with van der Waals surface area (Å²) >= 11 is 1.33. The molecule has 0 amide bonds. The van der Waals surface area contributed by atoms with E-state index in [0.29, 0.717) is 11.8 Å². The molecular formula is C8H13N3O2S. The Bertz CT molecular complexity index is 311. The van der Waals surface area contributed by atoms with E-state index in [1.165, 1.54) is 11.8 Å². The van der Waals surface area contributed by atoms with Crippen LogP contribution in [0.2, 0.25) is 0 Å². The Morgan fingerprint density at radius 3 is 3.00 bits per heavy atom. The van der Waals surface area contributed by atoms with Crippen LogP contribution in [0.5, 0.6) is 0 Å². The zero-order valence-corrected chi connectivity index (χ0v) is 8.99. The van der Waals surface area contributed by atoms with E-state index in [1.807, 2.05) is 18.4 Å². The zero-order chi connectivity index (χ0) is 10.6. The van der Waals surface area contributed by atoms with E-state index >= 15 is 0 Å². The van der Waals surface area contributed by atoms with Crippen LogP contribution in [0.15, 0.2) is 6.33 Å². The fourth-order valence-electron chi connectivity index (χ4n) is 1.03. The molecule has 1 aromatic heterocycles. The van der Waals surface area contributed by atoms with Crippen molar-refractivity contribution in [2.24, 2.45) is 0 Å². The van der Waals surface area contributed by atoms with Crippen molar-refractivity contribution in [3.05, 3.63) is 12.2 Å². The molecular weight excluding hydrogens is 202 g/mol. The summed E-state index contributed by atoms with van der Waals surface area (Å²) < 4.78 is 1.94. The standard InChI is InChI=1S/C8H13N3O2S/c1-6(2)11-5-9-10-7(11)3-14-4-8(12)13/h5-6H,3-4H2,1-2H3,(H,12,13). The molecule has 0 radical (unpaired) electrons. The Morgan fingerprint density at radius 2 is 2.43 bits per heavy atom. The lowest BCUT2D eigenvalue weighted by molar-refractivity contribution is -0.133. The number of rotatable bonds is 5. The van der Waals surface area contributed by atoms with Crippen molar-refractivity contribution in [2.75, 3.05) is 5.75 Å². The second-order valence-corrected chi connectivity index (χ2v) is 4.12. The Kier molecular flexibility index (Phi) is 3.94. The molecule has 0 aromatic carbocycles. The lowest BCUT2D eigenvalue weighted by Crippen LogP contribution is -2.05. The summed E-state index contributed by atoms with van der Waals surface area (Å²) in [6.45, 7) is 4.07. The molecule has 1 heterocycles. The SMILES string of the molecule is CC(C)n1cnnc1CSCC(=O)O. The van der Waals surface area contributed by atoms with Crippen LogP contribution in [0.4, 0.5) is 0 Å². The Balaban J connectivity index is 2.50. The summed E-state index contributed by atoms with van der Waals surface area (Å²) in [4.78, 5) is 10.3. The molecule has 0 bridgehead atoms. The van der Waals surface area contributed by atoms with Crippen LogP contribution < -0.4 is 0 Å². The lowest BCUT2D eigenvalue weighted by atomic mass is 10.4. The molecule has 0 saturated carbocycles. The highest BCUT2D eigenvalue weighted by Crippen LogP contribution is 2.13. The van der Waals surface area contributed by atoms with Gasteiger partial charge in [0.1, 0.15) is 12.2 Å². The summed E-state index contributed by atoms with van der Waals surface area (Å²) in [6, 6.07) is 0.311. The molecule has 0 unspecified atom stereocenters. The number of aromatic nitrogens is 3. The van der Waals surface area contributed by atoms with Gasteiger partial charge in [0.2, 0.25) is 0 Å². The molecule has 1 rings (SSSR count). The summed E-state index contributed by atoms with van der Waals surface area (Å²) in [5, 5.41) is 16.2. The first-order valence-electron chi connectivity index (χ1n) is 4.29. The minimum absolute atomic E-state index is 0.102. The van der Waals surface area contributed by atoms with Crippen LogP contribution in [0.25, 0.3) is 0 Å². The van der Waals surface area contributed by atoms with Gasteiger partial charge in [-0.2, -0.15) is 0 Å². The van der Waals surface area contributed by atoms with E-state index in [1.54, 1.807) is 6.33 Å². The molecule has 0 fully saturated rings. The topological polar surface area (TPSA) is 68.0 Å². The number of carbonyl (C=O) groups is 1. The molecule has 0 saturated heterocycles. The first-order chi connectivity index (χ1) is 6.61. The number of carboxylic acids is 1. The van der Waals surface area contributed by atoms with Gasteiger partial charge >= 0.3 is 5.97 Å². The lowest BCUT2D eigenvalue weighted by Gasteiger charge is -2.08. The van der Waals surface area contributed by atoms with Crippen molar-refractivity contribution < 1.29 is 9.90 Å². The van der Waals surface area contributed by atoms with Crippen molar-refractivity contribution in [2.45, 2.75) is 25.6 Å². The maximum atomic E-state index is 10.3. The van der Waals surface area contributed by atoms with Gasteiger partial charge < -0.3 is 9.67 Å². The highest BCUT2D eigenvalue weighted by atomic mass is 32.2. The predicted molar refractivity (Wildman–Crippen MR) is 54.2 cm³/mol. The van der Waals surface area contributed by atoms with Crippen molar-refractivity contribution in [3.8, 4) is 0 Å². The van der Waals surface area contributed by atoms with Gasteiger partial charge in [0.05, 0.1) is 11.5 Å². The number of nitrogens with zero attached hydrogens (tertiary/aromatic N) is 3. The molecule has 0 aliphatic rings. The highest BCUT2D eigenvalue weighted by molar-refractivity contribution is 7.99. The number of aliphatic carboxylic acids is 1. The number of thioether (sulfide) groups is 1. The smallest absolute Gasteiger partial charge is 0.313 e. The largest absolute Gasteiger partial charge is 0.481 e. The fraction of sp³-hybridized carbons (Fsp3) is 0.625. The summed E-state index contributed by atoms with van der Waals surface area (Å²) in [5.41, 5.74) is 0. The van der Waals surface area contributed by atoms with Crippen LogP contribution in [-0.2, 0) is 10.5 Å². The number of hydrogen-bond acceptors (Lipinski definition) is 4. The molecule has 0 spiro atoms. The second-order valence-electron chi connectivity index (χ2n) is 3.13. The summed E-state index contributed by atoms with van der Waals surface area (Å²) in [7, 11) is 0. The van der Waals surface area contributed by atoms with Gasteiger partial charge in [0.25, 0.3) is 0 Å². The Labute approximate surface area is 86.5 Å². The monoisotopic (exact) mass is 215 g/mol. The maximum Gasteiger partial charge on any atom is 0.313 e. The van der Waals surface area contributed by atoms with Crippen LogP contribution in [0, 0.1) is 0 Å². The molecule has 5 nitrogen and oxygen atoms in total. The van der Waals surface area contributed by atoms with E-state index in [9.17, 15) is 4.79 Å². The van der Waals surface area contributed by atoms with Gasteiger partial charge in [-0.05, 0) is 13.8 Å². The van der Waals surface area contributed by atoms with Crippen LogP contribution in [-0.4, -0.2) is 31.6 Å².